The molecule has 0 radical (unpaired) electrons. The van der Waals surface area contributed by atoms with Crippen molar-refractivity contribution >= 4 is 33.4 Å². The van der Waals surface area contributed by atoms with Crippen molar-refractivity contribution in [3.05, 3.63) is 63.9 Å². The molecule has 0 saturated heterocycles. The topological polar surface area (TPSA) is 87.3 Å². The van der Waals surface area contributed by atoms with Gasteiger partial charge < -0.3 is 5.32 Å². The summed E-state index contributed by atoms with van der Waals surface area (Å²) in [6.45, 7) is 0. The number of benzene rings is 2. The van der Waals surface area contributed by atoms with Crippen LogP contribution in [0.3, 0.4) is 0 Å². The van der Waals surface area contributed by atoms with Crippen molar-refractivity contribution in [3.63, 3.8) is 0 Å². The van der Waals surface area contributed by atoms with Gasteiger partial charge in [0.15, 0.2) is 0 Å². The van der Waals surface area contributed by atoms with Gasteiger partial charge in [-0.2, -0.15) is 17.9 Å². The fourth-order valence-electron chi connectivity index (χ4n) is 3.40. The molecule has 0 bridgehead atoms. The first-order chi connectivity index (χ1) is 13.3. The second kappa shape index (κ2) is 7.44. The number of anilines is 1. The highest BCUT2D eigenvalue weighted by Gasteiger charge is 2.32. The van der Waals surface area contributed by atoms with Gasteiger partial charge in [0.05, 0.1) is 5.02 Å². The number of hydrogen-bond donors (Lipinski definition) is 3. The van der Waals surface area contributed by atoms with Crippen LogP contribution in [0, 0.1) is 5.82 Å². The SMILES string of the molecule is O=C(Nc1ccc(F)c(Cl)c1)c1cccc2c1CCC2NS(=O)(=O)NC1CC1. The third kappa shape index (κ3) is 4.20. The molecule has 3 N–H and O–H groups in total. The fourth-order valence-corrected chi connectivity index (χ4v) is 4.95. The molecule has 28 heavy (non-hydrogen) atoms. The zero-order valence-corrected chi connectivity index (χ0v) is 16.4. The lowest BCUT2D eigenvalue weighted by atomic mass is 10.0. The second-order valence-electron chi connectivity index (χ2n) is 7.06. The Labute approximate surface area is 167 Å². The van der Waals surface area contributed by atoms with Gasteiger partial charge in [-0.15, -0.1) is 0 Å². The molecule has 1 saturated carbocycles. The summed E-state index contributed by atoms with van der Waals surface area (Å²) in [6.07, 6.45) is 2.88. The summed E-state index contributed by atoms with van der Waals surface area (Å²) >= 11 is 5.76. The van der Waals surface area contributed by atoms with Crippen molar-refractivity contribution < 1.29 is 17.6 Å². The van der Waals surface area contributed by atoms with E-state index in [-0.39, 0.29) is 23.0 Å². The number of nitrogens with one attached hydrogen (secondary N) is 3. The molecule has 6 nitrogen and oxygen atoms in total. The van der Waals surface area contributed by atoms with E-state index in [0.29, 0.717) is 24.1 Å². The summed E-state index contributed by atoms with van der Waals surface area (Å²) in [6, 6.07) is 8.87. The summed E-state index contributed by atoms with van der Waals surface area (Å²) in [5.74, 6) is -0.908. The Morgan fingerprint density at radius 2 is 1.89 bits per heavy atom. The van der Waals surface area contributed by atoms with Crippen molar-refractivity contribution in [2.45, 2.75) is 37.8 Å². The summed E-state index contributed by atoms with van der Waals surface area (Å²) in [7, 11) is -3.59. The standard InChI is InChI=1S/C19H19ClFN3O3S/c20-16-10-12(6-8-17(16)21)22-19(25)15-3-1-2-14-13(15)7-9-18(14)24-28(26,27)23-11-4-5-11/h1-3,6,8,10-11,18,23-24H,4-5,7,9H2,(H,22,25). The summed E-state index contributed by atoms with van der Waals surface area (Å²) in [4.78, 5) is 12.7. The monoisotopic (exact) mass is 423 g/mol. The Kier molecular flexibility index (Phi) is 5.13. The highest BCUT2D eigenvalue weighted by atomic mass is 35.5. The average Bonchev–Trinajstić information content (AvgIpc) is 3.35. The predicted octanol–water partition coefficient (Wildman–Crippen LogP) is 3.31. The van der Waals surface area contributed by atoms with Crippen LogP contribution in [0.4, 0.5) is 10.1 Å². The Hall–Kier alpha value is -2.00. The van der Waals surface area contributed by atoms with Crippen molar-refractivity contribution in [2.75, 3.05) is 5.32 Å². The van der Waals surface area contributed by atoms with E-state index in [1.165, 1.54) is 18.2 Å². The van der Waals surface area contributed by atoms with E-state index in [1.807, 2.05) is 6.07 Å². The van der Waals surface area contributed by atoms with Gasteiger partial charge in [-0.1, -0.05) is 23.7 Å². The Balaban J connectivity index is 1.53. The lowest BCUT2D eigenvalue weighted by Gasteiger charge is -2.15. The van der Waals surface area contributed by atoms with E-state index in [4.69, 9.17) is 11.6 Å². The molecule has 2 aromatic rings. The molecule has 0 aliphatic heterocycles. The predicted molar refractivity (Wildman–Crippen MR) is 105 cm³/mol. The van der Waals surface area contributed by atoms with Crippen molar-refractivity contribution in [2.24, 2.45) is 0 Å². The van der Waals surface area contributed by atoms with Crippen LogP contribution < -0.4 is 14.8 Å². The molecule has 4 rings (SSSR count). The fraction of sp³-hybridized carbons (Fsp3) is 0.316. The van der Waals surface area contributed by atoms with Gasteiger partial charge in [0.1, 0.15) is 5.82 Å². The van der Waals surface area contributed by atoms with Crippen LogP contribution in [-0.4, -0.2) is 20.4 Å². The minimum absolute atomic E-state index is 0.0259. The van der Waals surface area contributed by atoms with Gasteiger partial charge in [0, 0.05) is 23.3 Å². The quantitative estimate of drug-likeness (QED) is 0.666. The summed E-state index contributed by atoms with van der Waals surface area (Å²) < 4.78 is 43.0. The third-order valence-electron chi connectivity index (χ3n) is 4.89. The van der Waals surface area contributed by atoms with Crippen LogP contribution in [0.1, 0.15) is 46.8 Å². The first-order valence-corrected chi connectivity index (χ1v) is 10.9. The summed E-state index contributed by atoms with van der Waals surface area (Å²) in [5.41, 5.74) is 2.46. The molecule has 1 fully saturated rings. The van der Waals surface area contributed by atoms with Crippen LogP contribution >= 0.6 is 11.6 Å². The van der Waals surface area contributed by atoms with E-state index >= 15 is 0 Å². The van der Waals surface area contributed by atoms with Crippen LogP contribution in [0.5, 0.6) is 0 Å². The molecule has 9 heteroatoms. The zero-order chi connectivity index (χ0) is 19.9. The normalized spacial score (nSPS) is 18.7. The molecule has 1 atom stereocenters. The zero-order valence-electron chi connectivity index (χ0n) is 14.8. The maximum absolute atomic E-state index is 13.3. The first-order valence-electron chi connectivity index (χ1n) is 9.00. The lowest BCUT2D eigenvalue weighted by molar-refractivity contribution is 0.102. The van der Waals surface area contributed by atoms with E-state index in [2.05, 4.69) is 14.8 Å². The van der Waals surface area contributed by atoms with Gasteiger partial charge in [-0.05, 0) is 61.1 Å². The number of amides is 1. The smallest absolute Gasteiger partial charge is 0.277 e. The number of halogens is 2. The minimum Gasteiger partial charge on any atom is -0.322 e. The van der Waals surface area contributed by atoms with Crippen LogP contribution in [0.2, 0.25) is 5.02 Å². The molecule has 1 unspecified atom stereocenters. The molecular weight excluding hydrogens is 405 g/mol. The number of hydrogen-bond acceptors (Lipinski definition) is 3. The first kappa shape index (κ1) is 19.3. The molecule has 2 aromatic carbocycles. The Bertz CT molecular complexity index is 1040. The van der Waals surface area contributed by atoms with E-state index in [1.54, 1.807) is 12.1 Å². The highest BCUT2D eigenvalue weighted by molar-refractivity contribution is 7.87. The van der Waals surface area contributed by atoms with Crippen LogP contribution in [-0.2, 0) is 16.6 Å². The number of carbonyl (C=O) groups excluding carboxylic acids is 1. The number of fused-ring (bicyclic) bond motifs is 1. The maximum Gasteiger partial charge on any atom is 0.277 e. The molecule has 0 spiro atoms. The van der Waals surface area contributed by atoms with Crippen LogP contribution in [0.25, 0.3) is 0 Å². The van der Waals surface area contributed by atoms with Crippen molar-refractivity contribution in [1.29, 1.82) is 0 Å². The van der Waals surface area contributed by atoms with Crippen molar-refractivity contribution in [1.82, 2.24) is 9.44 Å². The van der Waals surface area contributed by atoms with E-state index < -0.39 is 16.0 Å². The molecule has 1 amide bonds. The molecule has 2 aliphatic carbocycles. The Morgan fingerprint density at radius 3 is 2.61 bits per heavy atom. The maximum atomic E-state index is 13.3. The molecule has 0 heterocycles. The Morgan fingerprint density at radius 1 is 1.11 bits per heavy atom. The average molecular weight is 424 g/mol. The summed E-state index contributed by atoms with van der Waals surface area (Å²) in [5, 5.41) is 2.64. The number of rotatable bonds is 6. The van der Waals surface area contributed by atoms with E-state index in [9.17, 15) is 17.6 Å². The van der Waals surface area contributed by atoms with Gasteiger partial charge in [0.2, 0.25) is 0 Å². The van der Waals surface area contributed by atoms with E-state index in [0.717, 1.165) is 24.0 Å². The van der Waals surface area contributed by atoms with Gasteiger partial charge >= 0.3 is 0 Å². The molecular formula is C19H19ClFN3O3S. The lowest BCUT2D eigenvalue weighted by Crippen LogP contribution is -2.39. The number of carbonyl (C=O) groups is 1. The second-order valence-corrected chi connectivity index (χ2v) is 8.95. The molecule has 148 valence electrons. The third-order valence-corrected chi connectivity index (χ3v) is 6.42. The van der Waals surface area contributed by atoms with Gasteiger partial charge in [-0.3, -0.25) is 4.79 Å². The van der Waals surface area contributed by atoms with Gasteiger partial charge in [-0.25, -0.2) is 4.39 Å². The molecule has 0 aromatic heterocycles. The minimum atomic E-state index is -3.59. The molecule has 2 aliphatic rings. The largest absolute Gasteiger partial charge is 0.322 e. The van der Waals surface area contributed by atoms with Crippen LogP contribution in [0.15, 0.2) is 36.4 Å². The van der Waals surface area contributed by atoms with Crippen molar-refractivity contribution in [3.8, 4) is 0 Å². The van der Waals surface area contributed by atoms with Gasteiger partial charge in [0.25, 0.3) is 16.1 Å². The highest BCUT2D eigenvalue weighted by Crippen LogP contribution is 2.34.